The van der Waals surface area contributed by atoms with Gasteiger partial charge in [0.2, 0.25) is 0 Å². The van der Waals surface area contributed by atoms with Crippen LogP contribution < -0.4 is 5.32 Å². The summed E-state index contributed by atoms with van der Waals surface area (Å²) in [6.45, 7) is 1.37. The topological polar surface area (TPSA) is 32.3 Å². The highest BCUT2D eigenvalue weighted by Crippen LogP contribution is 2.32. The largest absolute Gasteiger partial charge is 0.507 e. The van der Waals surface area contributed by atoms with Gasteiger partial charge in [0, 0.05) is 17.0 Å². The number of phenols is 1. The monoisotopic (exact) mass is 251 g/mol. The first-order valence-corrected chi connectivity index (χ1v) is 5.81. The van der Waals surface area contributed by atoms with Crippen LogP contribution >= 0.6 is 0 Å². The highest BCUT2D eigenvalue weighted by molar-refractivity contribution is 5.89. The summed E-state index contributed by atoms with van der Waals surface area (Å²) in [7, 11) is 0. The summed E-state index contributed by atoms with van der Waals surface area (Å²) in [5, 5.41) is 14.5. The third-order valence-corrected chi connectivity index (χ3v) is 2.98. The zero-order chi connectivity index (χ0) is 13.1. The molecule has 0 amide bonds. The second-order valence-electron chi connectivity index (χ2n) is 4.25. The van der Waals surface area contributed by atoms with E-state index >= 15 is 0 Å². The molecule has 0 radical (unpaired) electrons. The van der Waals surface area contributed by atoms with E-state index in [1.54, 1.807) is 13.0 Å². The molecule has 1 atom stereocenters. The lowest BCUT2D eigenvalue weighted by atomic mass is 10.0. The maximum atomic E-state index is 12.1. The minimum absolute atomic E-state index is 0.155. The van der Waals surface area contributed by atoms with E-state index in [0.29, 0.717) is 5.56 Å². The van der Waals surface area contributed by atoms with E-state index in [9.17, 15) is 13.9 Å². The maximum Gasteiger partial charge on any atom is 0.250 e. The lowest BCUT2D eigenvalue weighted by molar-refractivity contribution is 0.142. The predicted octanol–water partition coefficient (Wildman–Crippen LogP) is 3.46. The van der Waals surface area contributed by atoms with Crippen LogP contribution in [0.2, 0.25) is 0 Å². The van der Waals surface area contributed by atoms with Crippen molar-refractivity contribution in [1.82, 2.24) is 5.32 Å². The summed E-state index contributed by atoms with van der Waals surface area (Å²) in [4.78, 5) is 0. The molecule has 2 rings (SSSR count). The third kappa shape index (κ3) is 2.59. The molecule has 2 aromatic carbocycles. The second-order valence-corrected chi connectivity index (χ2v) is 4.25. The normalized spacial score (nSPS) is 13.1. The lowest BCUT2D eigenvalue weighted by Gasteiger charge is -2.16. The van der Waals surface area contributed by atoms with Crippen molar-refractivity contribution in [2.45, 2.75) is 19.4 Å². The minimum Gasteiger partial charge on any atom is -0.507 e. The van der Waals surface area contributed by atoms with Crippen molar-refractivity contribution in [2.75, 3.05) is 6.54 Å². The van der Waals surface area contributed by atoms with Crippen LogP contribution in [0.3, 0.4) is 0 Å². The number of aromatic hydroxyl groups is 1. The van der Waals surface area contributed by atoms with Crippen molar-refractivity contribution in [2.24, 2.45) is 0 Å². The molecule has 0 saturated carbocycles. The smallest absolute Gasteiger partial charge is 0.250 e. The third-order valence-electron chi connectivity index (χ3n) is 2.98. The molecule has 1 unspecified atom stereocenters. The fraction of sp³-hybridized carbons (Fsp3) is 0.286. The number of fused-ring (bicyclic) bond motifs is 1. The summed E-state index contributed by atoms with van der Waals surface area (Å²) in [5.74, 6) is 0.155. The van der Waals surface area contributed by atoms with Gasteiger partial charge in [0.15, 0.2) is 0 Å². The molecule has 18 heavy (non-hydrogen) atoms. The van der Waals surface area contributed by atoms with Gasteiger partial charge in [-0.05, 0) is 12.3 Å². The Balaban J connectivity index is 2.31. The van der Waals surface area contributed by atoms with Gasteiger partial charge in [-0.25, -0.2) is 8.78 Å². The Morgan fingerprint density at radius 2 is 1.89 bits per heavy atom. The Hall–Kier alpha value is -1.68. The van der Waals surface area contributed by atoms with Crippen LogP contribution in [-0.2, 0) is 0 Å². The quantitative estimate of drug-likeness (QED) is 0.872. The number of hydrogen-bond acceptors (Lipinski definition) is 2. The Morgan fingerprint density at radius 3 is 2.61 bits per heavy atom. The van der Waals surface area contributed by atoms with Gasteiger partial charge in [-0.3, -0.25) is 0 Å². The van der Waals surface area contributed by atoms with E-state index < -0.39 is 6.43 Å². The predicted molar refractivity (Wildman–Crippen MR) is 68.0 cm³/mol. The van der Waals surface area contributed by atoms with Crippen molar-refractivity contribution >= 4 is 10.8 Å². The number of alkyl halides is 2. The average molecular weight is 251 g/mol. The van der Waals surface area contributed by atoms with Gasteiger partial charge in [-0.15, -0.1) is 0 Å². The molecule has 4 heteroatoms. The molecule has 2 nitrogen and oxygen atoms in total. The summed E-state index contributed by atoms with van der Waals surface area (Å²) >= 11 is 0. The molecule has 0 spiro atoms. The molecule has 96 valence electrons. The van der Waals surface area contributed by atoms with Crippen LogP contribution in [0.1, 0.15) is 18.5 Å². The molecule has 0 aromatic heterocycles. The fourth-order valence-electron chi connectivity index (χ4n) is 2.00. The van der Waals surface area contributed by atoms with Crippen molar-refractivity contribution < 1.29 is 13.9 Å². The van der Waals surface area contributed by atoms with E-state index in [0.717, 1.165) is 10.8 Å². The van der Waals surface area contributed by atoms with Crippen LogP contribution in [0.25, 0.3) is 10.8 Å². The molecule has 0 bridgehead atoms. The van der Waals surface area contributed by atoms with Gasteiger partial charge in [0.05, 0.1) is 6.54 Å². The number of nitrogens with one attached hydrogen (secondary N) is 1. The van der Waals surface area contributed by atoms with E-state index in [2.05, 4.69) is 5.32 Å². The molecular weight excluding hydrogens is 236 g/mol. The van der Waals surface area contributed by atoms with E-state index in [-0.39, 0.29) is 18.3 Å². The first-order valence-electron chi connectivity index (χ1n) is 5.81. The maximum absolute atomic E-state index is 12.1. The summed E-state index contributed by atoms with van der Waals surface area (Å²) < 4.78 is 24.3. The second kappa shape index (κ2) is 5.31. The molecular formula is C14H15F2NO. The lowest BCUT2D eigenvalue weighted by Crippen LogP contribution is -2.24. The minimum atomic E-state index is -2.39. The average Bonchev–Trinajstić information content (AvgIpc) is 2.37. The Bertz CT molecular complexity index is 542. The van der Waals surface area contributed by atoms with E-state index in [1.165, 1.54) is 0 Å². The zero-order valence-corrected chi connectivity index (χ0v) is 10.0. The van der Waals surface area contributed by atoms with Gasteiger partial charge < -0.3 is 10.4 Å². The highest BCUT2D eigenvalue weighted by atomic mass is 19.3. The number of rotatable bonds is 4. The number of benzene rings is 2. The highest BCUT2D eigenvalue weighted by Gasteiger charge is 2.13. The van der Waals surface area contributed by atoms with Crippen LogP contribution in [0.5, 0.6) is 5.75 Å². The van der Waals surface area contributed by atoms with Crippen LogP contribution in [0.15, 0.2) is 36.4 Å². The zero-order valence-electron chi connectivity index (χ0n) is 10.0. The van der Waals surface area contributed by atoms with Crippen molar-refractivity contribution in [3.63, 3.8) is 0 Å². The summed E-state index contributed by atoms with van der Waals surface area (Å²) in [6.07, 6.45) is -2.39. The standard InChI is InChI=1S/C14H15F2NO/c1-9(17-8-13(15)16)11-7-6-10-4-2-3-5-12(10)14(11)18/h2-7,9,13,17-18H,8H2,1H3. The summed E-state index contributed by atoms with van der Waals surface area (Å²) in [6, 6.07) is 10.8. The summed E-state index contributed by atoms with van der Waals surface area (Å²) in [5.41, 5.74) is 0.634. The van der Waals surface area contributed by atoms with Gasteiger partial charge in [0.1, 0.15) is 5.75 Å². The van der Waals surface area contributed by atoms with Gasteiger partial charge in [-0.2, -0.15) is 0 Å². The Labute approximate surface area is 104 Å². The van der Waals surface area contributed by atoms with Crippen molar-refractivity contribution in [1.29, 1.82) is 0 Å². The number of phenolic OH excluding ortho intramolecular Hbond substituents is 1. The van der Waals surface area contributed by atoms with Crippen molar-refractivity contribution in [3.8, 4) is 5.75 Å². The van der Waals surface area contributed by atoms with Crippen molar-refractivity contribution in [3.05, 3.63) is 42.0 Å². The Morgan fingerprint density at radius 1 is 1.17 bits per heavy atom. The molecule has 2 aromatic rings. The number of halogens is 2. The van der Waals surface area contributed by atoms with Gasteiger partial charge in [-0.1, -0.05) is 36.4 Å². The van der Waals surface area contributed by atoms with E-state index in [1.807, 2.05) is 30.3 Å². The number of hydrogen-bond donors (Lipinski definition) is 2. The molecule has 0 aliphatic heterocycles. The Kier molecular flexibility index (Phi) is 3.77. The molecule has 0 heterocycles. The van der Waals surface area contributed by atoms with Gasteiger partial charge >= 0.3 is 0 Å². The molecule has 0 saturated heterocycles. The van der Waals surface area contributed by atoms with E-state index in [4.69, 9.17) is 0 Å². The molecule has 2 N–H and O–H groups in total. The first-order chi connectivity index (χ1) is 8.59. The van der Waals surface area contributed by atoms with Crippen LogP contribution in [0, 0.1) is 0 Å². The van der Waals surface area contributed by atoms with Gasteiger partial charge in [0.25, 0.3) is 6.43 Å². The SMILES string of the molecule is CC(NCC(F)F)c1ccc2ccccc2c1O. The fourth-order valence-corrected chi connectivity index (χ4v) is 2.00. The molecule has 0 aliphatic carbocycles. The molecule has 0 fully saturated rings. The van der Waals surface area contributed by atoms with Crippen LogP contribution in [0.4, 0.5) is 8.78 Å². The first kappa shape index (κ1) is 12.8. The van der Waals surface area contributed by atoms with Crippen LogP contribution in [-0.4, -0.2) is 18.1 Å². The molecule has 0 aliphatic rings.